The van der Waals surface area contributed by atoms with E-state index in [0.29, 0.717) is 19.3 Å². The zero-order valence-corrected chi connectivity index (χ0v) is 9.05. The van der Waals surface area contributed by atoms with Gasteiger partial charge in [-0.15, -0.1) is 0 Å². The van der Waals surface area contributed by atoms with E-state index in [9.17, 15) is 0 Å². The van der Waals surface area contributed by atoms with E-state index in [2.05, 4.69) is 0 Å². The van der Waals surface area contributed by atoms with E-state index in [4.69, 9.17) is 34.4 Å². The summed E-state index contributed by atoms with van der Waals surface area (Å²) in [5, 5.41) is 0. The lowest BCUT2D eigenvalue weighted by molar-refractivity contribution is 0.390. The monoisotopic (exact) mass is 216 g/mol. The van der Waals surface area contributed by atoms with E-state index in [0.717, 1.165) is 0 Å². The second-order valence-corrected chi connectivity index (χ2v) is 4.70. The van der Waals surface area contributed by atoms with Crippen molar-refractivity contribution in [1.29, 1.82) is 0 Å². The summed E-state index contributed by atoms with van der Waals surface area (Å²) in [5.41, 5.74) is 35.5. The molecule has 6 unspecified atom stereocenters. The van der Waals surface area contributed by atoms with Crippen LogP contribution in [0.2, 0.25) is 0 Å². The fraction of sp³-hybridized carbons (Fsp3) is 1.00. The Morgan fingerprint density at radius 1 is 0.533 bits per heavy atom. The standard InChI is InChI=1S/C9H24N6/c10-4-1-5(11)6(12)3-8(14)9(15)7(13)2-4/h4-9H,1-3,10-15H2. The molecule has 0 heterocycles. The minimum atomic E-state index is -0.257. The van der Waals surface area contributed by atoms with Gasteiger partial charge in [-0.05, 0) is 19.3 Å². The van der Waals surface area contributed by atoms with Crippen LogP contribution < -0.4 is 34.4 Å². The molecule has 6 atom stereocenters. The SMILES string of the molecule is NC1CC(N)C(N)CC(N)C(N)C(N)C1. The van der Waals surface area contributed by atoms with Crippen molar-refractivity contribution in [2.75, 3.05) is 0 Å². The first-order valence-corrected chi connectivity index (χ1v) is 5.45. The molecule has 1 rings (SSSR count). The molecule has 6 nitrogen and oxygen atoms in total. The zero-order valence-electron chi connectivity index (χ0n) is 9.05. The van der Waals surface area contributed by atoms with Gasteiger partial charge in [0, 0.05) is 36.3 Å². The molecule has 6 heteroatoms. The molecular weight excluding hydrogens is 192 g/mol. The highest BCUT2D eigenvalue weighted by atomic mass is 14.9. The average molecular weight is 216 g/mol. The average Bonchev–Trinajstić information content (AvgIpc) is 2.16. The van der Waals surface area contributed by atoms with E-state index < -0.39 is 0 Å². The van der Waals surface area contributed by atoms with Gasteiger partial charge in [0.25, 0.3) is 0 Å². The Bertz CT molecular complexity index is 199. The van der Waals surface area contributed by atoms with Crippen molar-refractivity contribution in [3.8, 4) is 0 Å². The highest BCUT2D eigenvalue weighted by Crippen LogP contribution is 2.13. The number of hydrogen-bond acceptors (Lipinski definition) is 6. The molecule has 1 saturated carbocycles. The van der Waals surface area contributed by atoms with Gasteiger partial charge in [-0.2, -0.15) is 0 Å². The summed E-state index contributed by atoms with van der Waals surface area (Å²) in [6.45, 7) is 0. The Kier molecular flexibility index (Phi) is 4.45. The zero-order chi connectivity index (χ0) is 11.6. The summed E-state index contributed by atoms with van der Waals surface area (Å²) in [5.74, 6) is 0. The smallest absolute Gasteiger partial charge is 0.0347 e. The van der Waals surface area contributed by atoms with Crippen molar-refractivity contribution in [2.24, 2.45) is 34.4 Å². The van der Waals surface area contributed by atoms with Crippen LogP contribution in [0.5, 0.6) is 0 Å². The molecule has 0 spiro atoms. The first-order chi connectivity index (χ1) is 6.91. The third-order valence-corrected chi connectivity index (χ3v) is 3.23. The lowest BCUT2D eigenvalue weighted by Crippen LogP contribution is -2.55. The third kappa shape index (κ3) is 3.37. The summed E-state index contributed by atoms with van der Waals surface area (Å²) >= 11 is 0. The van der Waals surface area contributed by atoms with Crippen molar-refractivity contribution in [2.45, 2.75) is 55.5 Å². The van der Waals surface area contributed by atoms with Crippen LogP contribution in [-0.2, 0) is 0 Å². The largest absolute Gasteiger partial charge is 0.328 e. The Balaban J connectivity index is 2.72. The molecule has 0 aromatic heterocycles. The first kappa shape index (κ1) is 12.8. The maximum Gasteiger partial charge on any atom is 0.0347 e. The summed E-state index contributed by atoms with van der Waals surface area (Å²) in [4.78, 5) is 0. The highest BCUT2D eigenvalue weighted by Gasteiger charge is 2.29. The van der Waals surface area contributed by atoms with E-state index in [1.165, 1.54) is 0 Å². The fourth-order valence-electron chi connectivity index (χ4n) is 2.09. The second-order valence-electron chi connectivity index (χ2n) is 4.70. The normalized spacial score (nSPS) is 49.2. The van der Waals surface area contributed by atoms with Gasteiger partial charge < -0.3 is 34.4 Å². The summed E-state index contributed by atoms with van der Waals surface area (Å²) in [7, 11) is 0. The first-order valence-electron chi connectivity index (χ1n) is 5.45. The minimum Gasteiger partial charge on any atom is -0.328 e. The maximum absolute atomic E-state index is 5.93. The lowest BCUT2D eigenvalue weighted by Gasteiger charge is -2.27. The van der Waals surface area contributed by atoms with Gasteiger partial charge in [-0.25, -0.2) is 0 Å². The van der Waals surface area contributed by atoms with Gasteiger partial charge in [0.05, 0.1) is 0 Å². The van der Waals surface area contributed by atoms with Gasteiger partial charge in [0.2, 0.25) is 0 Å². The van der Waals surface area contributed by atoms with Crippen molar-refractivity contribution in [3.05, 3.63) is 0 Å². The Morgan fingerprint density at radius 3 is 1.53 bits per heavy atom. The molecule has 0 aromatic rings. The Morgan fingerprint density at radius 2 is 0.933 bits per heavy atom. The molecule has 12 N–H and O–H groups in total. The summed E-state index contributed by atoms with van der Waals surface area (Å²) in [6.07, 6.45) is 1.92. The summed E-state index contributed by atoms with van der Waals surface area (Å²) in [6, 6.07) is -0.949. The topological polar surface area (TPSA) is 156 Å². The number of nitrogens with two attached hydrogens (primary N) is 6. The van der Waals surface area contributed by atoms with E-state index in [1.807, 2.05) is 0 Å². The number of hydrogen-bond donors (Lipinski definition) is 6. The number of rotatable bonds is 0. The fourth-order valence-corrected chi connectivity index (χ4v) is 2.09. The van der Waals surface area contributed by atoms with Crippen LogP contribution in [0.25, 0.3) is 0 Å². The Labute approximate surface area is 90.7 Å². The molecule has 0 radical (unpaired) electrons. The summed E-state index contributed by atoms with van der Waals surface area (Å²) < 4.78 is 0. The highest BCUT2D eigenvalue weighted by molar-refractivity contribution is 4.95. The van der Waals surface area contributed by atoms with E-state index >= 15 is 0 Å². The molecule has 1 aliphatic carbocycles. The molecule has 15 heavy (non-hydrogen) atoms. The van der Waals surface area contributed by atoms with Crippen molar-refractivity contribution in [3.63, 3.8) is 0 Å². The van der Waals surface area contributed by atoms with Gasteiger partial charge in [-0.1, -0.05) is 0 Å². The molecule has 1 fully saturated rings. The molecule has 0 aliphatic heterocycles. The van der Waals surface area contributed by atoms with Gasteiger partial charge >= 0.3 is 0 Å². The van der Waals surface area contributed by atoms with E-state index in [-0.39, 0.29) is 36.3 Å². The van der Waals surface area contributed by atoms with Crippen LogP contribution in [-0.4, -0.2) is 36.3 Å². The quantitative estimate of drug-likeness (QED) is 0.255. The molecule has 0 saturated heterocycles. The van der Waals surface area contributed by atoms with Crippen LogP contribution in [0.1, 0.15) is 19.3 Å². The van der Waals surface area contributed by atoms with Gasteiger partial charge in [0.15, 0.2) is 0 Å². The third-order valence-electron chi connectivity index (χ3n) is 3.23. The lowest BCUT2D eigenvalue weighted by atomic mass is 9.94. The maximum atomic E-state index is 5.93. The second kappa shape index (κ2) is 5.20. The molecule has 90 valence electrons. The molecule has 0 bridgehead atoms. The minimum absolute atomic E-state index is 0.0441. The van der Waals surface area contributed by atoms with Crippen LogP contribution >= 0.6 is 0 Å². The van der Waals surface area contributed by atoms with Crippen molar-refractivity contribution < 1.29 is 0 Å². The van der Waals surface area contributed by atoms with Crippen LogP contribution in [0.15, 0.2) is 0 Å². The van der Waals surface area contributed by atoms with E-state index in [1.54, 1.807) is 0 Å². The van der Waals surface area contributed by atoms with Gasteiger partial charge in [-0.3, -0.25) is 0 Å². The van der Waals surface area contributed by atoms with Crippen molar-refractivity contribution in [1.82, 2.24) is 0 Å². The molecule has 0 aromatic carbocycles. The van der Waals surface area contributed by atoms with Crippen molar-refractivity contribution >= 4 is 0 Å². The molecule has 1 aliphatic rings. The van der Waals surface area contributed by atoms with Crippen LogP contribution in [0.3, 0.4) is 0 Å². The van der Waals surface area contributed by atoms with Crippen LogP contribution in [0.4, 0.5) is 0 Å². The molecular formula is C9H24N6. The van der Waals surface area contributed by atoms with Gasteiger partial charge in [0.1, 0.15) is 0 Å². The predicted molar refractivity (Wildman–Crippen MR) is 61.7 cm³/mol. The predicted octanol–water partition coefficient (Wildman–Crippen LogP) is -2.87. The Hall–Kier alpha value is -0.240. The molecule has 0 amide bonds. The van der Waals surface area contributed by atoms with Crippen LogP contribution in [0, 0.1) is 0 Å².